The van der Waals surface area contributed by atoms with Gasteiger partial charge in [-0.2, -0.15) is 0 Å². The highest BCUT2D eigenvalue weighted by Crippen LogP contribution is 2.44. The number of aromatic nitrogens is 1. The lowest BCUT2D eigenvalue weighted by atomic mass is 9.97. The molecular weight excluding hydrogens is 386 g/mol. The number of ether oxygens (including phenoxy) is 1. The van der Waals surface area contributed by atoms with Crippen molar-refractivity contribution < 1.29 is 23.9 Å². The molecule has 1 aromatic heterocycles. The topological polar surface area (TPSA) is 88.9 Å². The van der Waals surface area contributed by atoms with Crippen molar-refractivity contribution in [2.24, 2.45) is 7.05 Å². The van der Waals surface area contributed by atoms with Gasteiger partial charge in [-0.3, -0.25) is 19.3 Å². The van der Waals surface area contributed by atoms with E-state index in [1.54, 1.807) is 30.3 Å². The van der Waals surface area contributed by atoms with Crippen molar-refractivity contribution in [3.05, 3.63) is 52.8 Å². The number of carbonyl (C=O) groups is 4. The van der Waals surface area contributed by atoms with Gasteiger partial charge in [0.1, 0.15) is 0 Å². The number of ketones is 1. The summed E-state index contributed by atoms with van der Waals surface area (Å²) in [5, 5.41) is 0. The Bertz CT molecular complexity index is 1100. The number of hydrogen-bond donors (Lipinski definition) is 0. The largest absolute Gasteiger partial charge is 0.454 e. The number of aryl methyl sites for hydroxylation is 1. The van der Waals surface area contributed by atoms with Gasteiger partial charge in [0.2, 0.25) is 17.4 Å². The fourth-order valence-electron chi connectivity index (χ4n) is 4.35. The van der Waals surface area contributed by atoms with Gasteiger partial charge in [0.05, 0.1) is 11.3 Å². The summed E-state index contributed by atoms with van der Waals surface area (Å²) in [5.74, 6) is -1.74. The van der Waals surface area contributed by atoms with Crippen LogP contribution in [0.4, 0.5) is 5.69 Å². The van der Waals surface area contributed by atoms with E-state index in [1.807, 2.05) is 25.5 Å². The van der Waals surface area contributed by atoms with E-state index in [2.05, 4.69) is 0 Å². The van der Waals surface area contributed by atoms with E-state index in [-0.39, 0.29) is 30.4 Å². The van der Waals surface area contributed by atoms with Crippen molar-refractivity contribution in [3.8, 4) is 0 Å². The summed E-state index contributed by atoms with van der Waals surface area (Å²) in [6, 6.07) is 8.44. The van der Waals surface area contributed by atoms with Crippen LogP contribution in [0.2, 0.25) is 0 Å². The van der Waals surface area contributed by atoms with Gasteiger partial charge in [0, 0.05) is 43.9 Å². The molecular formula is C22H23N3O5. The van der Waals surface area contributed by atoms with E-state index in [0.717, 1.165) is 11.4 Å². The fraction of sp³-hybridized carbons (Fsp3) is 0.364. The SMILES string of the molecule is Cc1cc(C(=O)COC(=O)[C@]23CCC(=O)N2c2ccccc2C(=O)N3C)c(C)n1C. The van der Waals surface area contributed by atoms with Crippen LogP contribution >= 0.6 is 0 Å². The summed E-state index contributed by atoms with van der Waals surface area (Å²) in [7, 11) is 3.34. The number of para-hydroxylation sites is 1. The molecule has 0 radical (unpaired) electrons. The second kappa shape index (κ2) is 6.83. The predicted octanol–water partition coefficient (Wildman–Crippen LogP) is 1.98. The van der Waals surface area contributed by atoms with E-state index >= 15 is 0 Å². The maximum absolute atomic E-state index is 13.2. The number of fused-ring (bicyclic) bond motifs is 3. The van der Waals surface area contributed by atoms with Gasteiger partial charge in [-0.15, -0.1) is 0 Å². The predicted molar refractivity (Wildman–Crippen MR) is 108 cm³/mol. The van der Waals surface area contributed by atoms with Crippen molar-refractivity contribution in [1.29, 1.82) is 0 Å². The minimum absolute atomic E-state index is 0.103. The summed E-state index contributed by atoms with van der Waals surface area (Å²) in [5.41, 5.74) is 1.35. The average Bonchev–Trinajstić information content (AvgIpc) is 3.22. The van der Waals surface area contributed by atoms with Gasteiger partial charge in [0.25, 0.3) is 5.91 Å². The molecule has 0 spiro atoms. The first-order valence-electron chi connectivity index (χ1n) is 9.73. The van der Waals surface area contributed by atoms with E-state index in [9.17, 15) is 19.2 Å². The molecule has 3 heterocycles. The van der Waals surface area contributed by atoms with E-state index in [4.69, 9.17) is 4.74 Å². The van der Waals surface area contributed by atoms with Gasteiger partial charge in [-0.05, 0) is 32.0 Å². The molecule has 8 nitrogen and oxygen atoms in total. The smallest absolute Gasteiger partial charge is 0.354 e. The van der Waals surface area contributed by atoms with E-state index in [1.165, 1.54) is 16.8 Å². The molecule has 1 aromatic carbocycles. The van der Waals surface area contributed by atoms with E-state index < -0.39 is 18.2 Å². The van der Waals surface area contributed by atoms with E-state index in [0.29, 0.717) is 16.8 Å². The molecule has 0 N–H and O–H groups in total. The molecule has 2 aliphatic rings. The monoisotopic (exact) mass is 409 g/mol. The zero-order valence-electron chi connectivity index (χ0n) is 17.4. The molecule has 1 fully saturated rings. The molecule has 1 atom stereocenters. The highest BCUT2D eigenvalue weighted by Gasteiger charge is 2.60. The van der Waals surface area contributed by atoms with Gasteiger partial charge in [0.15, 0.2) is 6.61 Å². The number of nitrogens with zero attached hydrogens (tertiary/aromatic N) is 3. The van der Waals surface area contributed by atoms with Crippen LogP contribution in [0.5, 0.6) is 0 Å². The lowest BCUT2D eigenvalue weighted by molar-refractivity contribution is -0.155. The Balaban J connectivity index is 1.64. The van der Waals surface area contributed by atoms with Gasteiger partial charge in [-0.25, -0.2) is 4.79 Å². The van der Waals surface area contributed by atoms with Crippen LogP contribution in [0.25, 0.3) is 0 Å². The third-order valence-corrected chi connectivity index (χ3v) is 6.28. The van der Waals surface area contributed by atoms with Crippen LogP contribution in [0, 0.1) is 13.8 Å². The van der Waals surface area contributed by atoms with Crippen molar-refractivity contribution in [1.82, 2.24) is 9.47 Å². The molecule has 0 aliphatic carbocycles. The first-order valence-corrected chi connectivity index (χ1v) is 9.73. The number of benzene rings is 1. The summed E-state index contributed by atoms with van der Waals surface area (Å²) < 4.78 is 7.29. The maximum Gasteiger partial charge on any atom is 0.354 e. The summed E-state index contributed by atoms with van der Waals surface area (Å²) >= 11 is 0. The fourth-order valence-corrected chi connectivity index (χ4v) is 4.35. The number of rotatable bonds is 4. The average molecular weight is 409 g/mol. The van der Waals surface area contributed by atoms with Gasteiger partial charge in [-0.1, -0.05) is 12.1 Å². The van der Waals surface area contributed by atoms with Crippen LogP contribution in [-0.2, 0) is 21.4 Å². The lowest BCUT2D eigenvalue weighted by Crippen LogP contribution is -2.67. The number of carbonyl (C=O) groups excluding carboxylic acids is 4. The zero-order valence-corrected chi connectivity index (χ0v) is 17.4. The Kier molecular flexibility index (Phi) is 4.52. The van der Waals surface area contributed by atoms with Crippen LogP contribution in [0.1, 0.15) is 44.9 Å². The Morgan fingerprint density at radius 3 is 2.50 bits per heavy atom. The van der Waals surface area contributed by atoms with Crippen LogP contribution in [0.15, 0.2) is 30.3 Å². The third-order valence-electron chi connectivity index (χ3n) is 6.28. The molecule has 2 aromatic rings. The molecule has 4 rings (SSSR count). The van der Waals surface area contributed by atoms with Gasteiger partial charge < -0.3 is 14.2 Å². The Hall–Kier alpha value is -3.42. The molecule has 0 bridgehead atoms. The molecule has 0 unspecified atom stereocenters. The minimum Gasteiger partial charge on any atom is -0.454 e. The molecule has 156 valence electrons. The second-order valence-electron chi connectivity index (χ2n) is 7.77. The number of amides is 2. The van der Waals surface area contributed by atoms with Crippen molar-refractivity contribution in [2.45, 2.75) is 32.4 Å². The van der Waals surface area contributed by atoms with Crippen molar-refractivity contribution in [2.75, 3.05) is 18.6 Å². The van der Waals surface area contributed by atoms with Crippen molar-refractivity contribution in [3.63, 3.8) is 0 Å². The molecule has 1 saturated heterocycles. The van der Waals surface area contributed by atoms with Crippen LogP contribution in [0.3, 0.4) is 0 Å². The summed E-state index contributed by atoms with van der Waals surface area (Å²) in [4.78, 5) is 54.1. The number of anilines is 1. The number of likely N-dealkylation sites (N-methyl/N-ethyl adjacent to an activating group) is 1. The molecule has 30 heavy (non-hydrogen) atoms. The van der Waals surface area contributed by atoms with Crippen molar-refractivity contribution >= 4 is 29.3 Å². The molecule has 2 amide bonds. The lowest BCUT2D eigenvalue weighted by Gasteiger charge is -2.46. The molecule has 8 heteroatoms. The minimum atomic E-state index is -1.58. The highest BCUT2D eigenvalue weighted by molar-refractivity contribution is 6.15. The maximum atomic E-state index is 13.2. The zero-order chi connectivity index (χ0) is 21.8. The van der Waals surface area contributed by atoms with Gasteiger partial charge >= 0.3 is 5.97 Å². The Morgan fingerprint density at radius 2 is 1.83 bits per heavy atom. The molecule has 0 saturated carbocycles. The van der Waals surface area contributed by atoms with Crippen LogP contribution in [-0.4, -0.2) is 52.4 Å². The standard InChI is InChI=1S/C22H23N3O5/c1-13-11-16(14(2)23(13)3)18(26)12-30-21(29)22-10-9-19(27)25(22)17-8-6-5-7-15(17)20(28)24(22)4/h5-8,11H,9-10,12H2,1-4H3/t22-/m0/s1. The normalized spacial score (nSPS) is 20.3. The Labute approximate surface area is 174 Å². The third kappa shape index (κ3) is 2.59. The first kappa shape index (κ1) is 19.9. The summed E-state index contributed by atoms with van der Waals surface area (Å²) in [6.07, 6.45) is 0.213. The highest BCUT2D eigenvalue weighted by atomic mass is 16.5. The molecule has 2 aliphatic heterocycles. The Morgan fingerprint density at radius 1 is 1.13 bits per heavy atom. The first-order chi connectivity index (χ1) is 14.2. The number of esters is 1. The second-order valence-corrected chi connectivity index (χ2v) is 7.77. The number of Topliss-reactive ketones (excluding diaryl/α,β-unsaturated/α-hetero) is 1. The quantitative estimate of drug-likeness (QED) is 0.569. The summed E-state index contributed by atoms with van der Waals surface area (Å²) in [6.45, 7) is 3.25. The van der Waals surface area contributed by atoms with Crippen LogP contribution < -0.4 is 4.90 Å². The number of hydrogen-bond acceptors (Lipinski definition) is 5.